The number of hydrogen-bond acceptors (Lipinski definition) is 2. The van der Waals surface area contributed by atoms with E-state index in [0.717, 1.165) is 37.8 Å². The summed E-state index contributed by atoms with van der Waals surface area (Å²) in [5, 5.41) is 0. The molecule has 2 aromatic rings. The predicted molar refractivity (Wildman–Crippen MR) is 108 cm³/mol. The summed E-state index contributed by atoms with van der Waals surface area (Å²) in [6.07, 6.45) is 4.17. The van der Waals surface area contributed by atoms with Gasteiger partial charge in [0.25, 0.3) is 5.91 Å². The minimum absolute atomic E-state index is 0.0213. The minimum Gasteiger partial charge on any atom is -0.490 e. The van der Waals surface area contributed by atoms with Crippen molar-refractivity contribution in [2.45, 2.75) is 52.2 Å². The number of ether oxygens (including phenoxy) is 1. The molecule has 1 aliphatic carbocycles. The zero-order valence-corrected chi connectivity index (χ0v) is 17.0. The van der Waals surface area contributed by atoms with Crippen LogP contribution in [-0.4, -0.2) is 23.5 Å². The Hall–Kier alpha value is -2.43. The summed E-state index contributed by atoms with van der Waals surface area (Å²) < 4.78 is 33.1. The molecule has 0 bridgehead atoms. The number of nitrogens with zero attached hydrogens (tertiary/aromatic N) is 1. The summed E-state index contributed by atoms with van der Waals surface area (Å²) in [7, 11) is 0. The normalized spacial score (nSPS) is 22.5. The van der Waals surface area contributed by atoms with Crippen LogP contribution < -0.4 is 4.74 Å². The second kappa shape index (κ2) is 8.13. The number of aryl methyl sites for hydroxylation is 1. The zero-order valence-electron chi connectivity index (χ0n) is 17.0. The highest BCUT2D eigenvalue weighted by atomic mass is 19.1. The average molecular weight is 399 g/mol. The van der Waals surface area contributed by atoms with E-state index in [-0.39, 0.29) is 23.6 Å². The van der Waals surface area contributed by atoms with E-state index in [1.165, 1.54) is 18.2 Å². The maximum absolute atomic E-state index is 13.8. The smallest absolute Gasteiger partial charge is 0.254 e. The third-order valence-electron chi connectivity index (χ3n) is 6.42. The molecule has 1 unspecified atom stereocenters. The van der Waals surface area contributed by atoms with Crippen LogP contribution in [0.2, 0.25) is 0 Å². The monoisotopic (exact) mass is 399 g/mol. The fraction of sp³-hybridized carbons (Fsp3) is 0.458. The van der Waals surface area contributed by atoms with E-state index in [4.69, 9.17) is 4.74 Å². The Morgan fingerprint density at radius 3 is 2.62 bits per heavy atom. The van der Waals surface area contributed by atoms with E-state index in [2.05, 4.69) is 0 Å². The molecule has 154 valence electrons. The van der Waals surface area contributed by atoms with Crippen LogP contribution in [0.1, 0.15) is 54.1 Å². The number of carbonyl (C=O) groups is 1. The summed E-state index contributed by atoms with van der Waals surface area (Å²) in [4.78, 5) is 14.6. The predicted octanol–water partition coefficient (Wildman–Crippen LogP) is 5.50. The average Bonchev–Trinajstić information content (AvgIpc) is 2.97. The number of carbonyl (C=O) groups excluding carboxylic acids is 1. The summed E-state index contributed by atoms with van der Waals surface area (Å²) in [5.41, 5.74) is 1.96. The van der Waals surface area contributed by atoms with Gasteiger partial charge in [0.15, 0.2) is 0 Å². The summed E-state index contributed by atoms with van der Waals surface area (Å²) in [5.74, 6) is 0.945. The molecule has 2 aromatic carbocycles. The van der Waals surface area contributed by atoms with E-state index in [1.54, 1.807) is 25.1 Å². The van der Waals surface area contributed by atoms with Crippen molar-refractivity contribution in [1.29, 1.82) is 0 Å². The van der Waals surface area contributed by atoms with Crippen molar-refractivity contribution in [2.24, 2.45) is 11.8 Å². The van der Waals surface area contributed by atoms with Gasteiger partial charge in [-0.25, -0.2) is 8.78 Å². The van der Waals surface area contributed by atoms with Crippen LogP contribution in [0, 0.1) is 30.4 Å². The molecule has 0 aromatic heterocycles. The Bertz CT molecular complexity index is 906. The van der Waals surface area contributed by atoms with Crippen LogP contribution in [0.4, 0.5) is 8.78 Å². The fourth-order valence-corrected chi connectivity index (χ4v) is 4.65. The molecule has 1 atom stereocenters. The van der Waals surface area contributed by atoms with E-state index < -0.39 is 0 Å². The van der Waals surface area contributed by atoms with Crippen molar-refractivity contribution < 1.29 is 18.3 Å². The van der Waals surface area contributed by atoms with Crippen molar-refractivity contribution in [3.8, 4) is 5.75 Å². The molecule has 2 aliphatic rings. The number of hydrogen-bond donors (Lipinski definition) is 0. The Balaban J connectivity index is 1.30. The largest absolute Gasteiger partial charge is 0.490 e. The van der Waals surface area contributed by atoms with Gasteiger partial charge in [0.2, 0.25) is 0 Å². The lowest BCUT2D eigenvalue weighted by atomic mass is 9.79. The van der Waals surface area contributed by atoms with Crippen molar-refractivity contribution in [3.05, 3.63) is 64.7 Å². The second-order valence-electron chi connectivity index (χ2n) is 8.51. The molecule has 0 saturated heterocycles. The number of benzene rings is 2. The maximum atomic E-state index is 13.8. The maximum Gasteiger partial charge on any atom is 0.254 e. The Morgan fingerprint density at radius 1 is 1.14 bits per heavy atom. The molecule has 1 saturated carbocycles. The van der Waals surface area contributed by atoms with Crippen LogP contribution in [0.25, 0.3) is 0 Å². The molecule has 1 heterocycles. The van der Waals surface area contributed by atoms with Gasteiger partial charge in [0.1, 0.15) is 17.4 Å². The van der Waals surface area contributed by atoms with Gasteiger partial charge in [-0.15, -0.1) is 0 Å². The quantitative estimate of drug-likeness (QED) is 0.664. The molecule has 4 rings (SSSR count). The Kier molecular flexibility index (Phi) is 5.57. The minimum atomic E-state index is -0.287. The van der Waals surface area contributed by atoms with Gasteiger partial charge in [-0.3, -0.25) is 4.79 Å². The van der Waals surface area contributed by atoms with Crippen molar-refractivity contribution in [3.63, 3.8) is 0 Å². The standard InChI is InChI=1S/C24H27F2NO2/c1-15-10-22-19(11-23(15)26)14-27(24(22)28)13-17-6-8-18(9-7-17)16(2)29-21-5-3-4-20(25)12-21/h3-5,10-12,16-18H,6-9,13-14H2,1-2H3/t16?,17-,18-. The first-order chi connectivity index (χ1) is 13.9. The van der Waals surface area contributed by atoms with Gasteiger partial charge in [-0.2, -0.15) is 0 Å². The van der Waals surface area contributed by atoms with Crippen molar-refractivity contribution in [2.75, 3.05) is 6.54 Å². The molecule has 0 radical (unpaired) electrons. The molecule has 29 heavy (non-hydrogen) atoms. The van der Waals surface area contributed by atoms with Crippen LogP contribution in [0.3, 0.4) is 0 Å². The third-order valence-corrected chi connectivity index (χ3v) is 6.42. The molecule has 0 spiro atoms. The lowest BCUT2D eigenvalue weighted by Gasteiger charge is -2.34. The van der Waals surface area contributed by atoms with E-state index in [0.29, 0.717) is 35.3 Å². The van der Waals surface area contributed by atoms with Crippen LogP contribution in [0.15, 0.2) is 36.4 Å². The first kappa shape index (κ1) is 19.9. The second-order valence-corrected chi connectivity index (χ2v) is 8.51. The Morgan fingerprint density at radius 2 is 1.90 bits per heavy atom. The number of halogens is 2. The Labute approximate surface area is 170 Å². The highest BCUT2D eigenvalue weighted by molar-refractivity contribution is 5.98. The third kappa shape index (κ3) is 4.29. The van der Waals surface area contributed by atoms with Gasteiger partial charge in [-0.05, 0) is 86.8 Å². The van der Waals surface area contributed by atoms with Gasteiger partial charge in [-0.1, -0.05) is 6.07 Å². The van der Waals surface area contributed by atoms with Gasteiger partial charge < -0.3 is 9.64 Å². The van der Waals surface area contributed by atoms with E-state index in [1.807, 2.05) is 11.8 Å². The summed E-state index contributed by atoms with van der Waals surface area (Å²) in [6.45, 7) is 4.97. The van der Waals surface area contributed by atoms with E-state index >= 15 is 0 Å². The lowest BCUT2D eigenvalue weighted by Crippen LogP contribution is -2.34. The van der Waals surface area contributed by atoms with Crippen LogP contribution in [0.5, 0.6) is 5.75 Å². The highest BCUT2D eigenvalue weighted by Gasteiger charge is 2.32. The molecule has 0 N–H and O–H groups in total. The molecule has 3 nitrogen and oxygen atoms in total. The summed E-state index contributed by atoms with van der Waals surface area (Å²) in [6, 6.07) is 9.46. The molecule has 1 fully saturated rings. The first-order valence-corrected chi connectivity index (χ1v) is 10.4. The zero-order chi connectivity index (χ0) is 20.5. The number of amides is 1. The fourth-order valence-electron chi connectivity index (χ4n) is 4.65. The summed E-state index contributed by atoms with van der Waals surface area (Å²) >= 11 is 0. The van der Waals surface area contributed by atoms with Gasteiger partial charge in [0.05, 0.1) is 6.10 Å². The number of fused-ring (bicyclic) bond motifs is 1. The van der Waals surface area contributed by atoms with Gasteiger partial charge in [0, 0.05) is 24.7 Å². The molecular weight excluding hydrogens is 372 g/mol. The topological polar surface area (TPSA) is 29.5 Å². The molecule has 1 aliphatic heterocycles. The van der Waals surface area contributed by atoms with Crippen LogP contribution >= 0.6 is 0 Å². The van der Waals surface area contributed by atoms with Crippen molar-refractivity contribution in [1.82, 2.24) is 4.90 Å². The van der Waals surface area contributed by atoms with Gasteiger partial charge >= 0.3 is 0 Å². The SMILES string of the molecule is Cc1cc2c(cc1F)CN(C[C@H]1CC[C@H](C(C)Oc3cccc(F)c3)CC1)C2=O. The van der Waals surface area contributed by atoms with Crippen molar-refractivity contribution >= 4 is 5.91 Å². The molecular formula is C24H27F2NO2. The molecule has 5 heteroatoms. The lowest BCUT2D eigenvalue weighted by molar-refractivity contribution is 0.0685. The van der Waals surface area contributed by atoms with Crippen LogP contribution in [-0.2, 0) is 6.54 Å². The number of rotatable bonds is 5. The molecule has 1 amide bonds. The first-order valence-electron chi connectivity index (χ1n) is 10.4. The highest BCUT2D eigenvalue weighted by Crippen LogP contribution is 2.35. The van der Waals surface area contributed by atoms with E-state index in [9.17, 15) is 13.6 Å².